The highest BCUT2D eigenvalue weighted by Crippen LogP contribution is 2.24. The fraction of sp³-hybridized carbons (Fsp3) is 0.500. The van der Waals surface area contributed by atoms with E-state index in [2.05, 4.69) is 4.99 Å². The Balaban J connectivity index is 1.84. The second-order valence-electron chi connectivity index (χ2n) is 4.67. The second kappa shape index (κ2) is 5.80. The molecule has 0 bridgehead atoms. The Morgan fingerprint density at radius 1 is 1.35 bits per heavy atom. The fourth-order valence-electron chi connectivity index (χ4n) is 2.36. The number of rotatable bonds is 4. The predicted molar refractivity (Wildman–Crippen MR) is 68.6 cm³/mol. The number of nitrogens with zero attached hydrogens (tertiary/aromatic N) is 1. The van der Waals surface area contributed by atoms with Crippen molar-refractivity contribution in [1.82, 2.24) is 0 Å². The molecule has 0 aromatic heterocycles. The van der Waals surface area contributed by atoms with E-state index in [4.69, 9.17) is 5.73 Å². The van der Waals surface area contributed by atoms with E-state index in [1.807, 2.05) is 6.07 Å². The summed E-state index contributed by atoms with van der Waals surface area (Å²) < 4.78 is 12.9. The van der Waals surface area contributed by atoms with Gasteiger partial charge in [-0.15, -0.1) is 0 Å². The zero-order chi connectivity index (χ0) is 12.1. The minimum Gasteiger partial charge on any atom is -0.387 e. The summed E-state index contributed by atoms with van der Waals surface area (Å²) in [6, 6.07) is 6.67. The third kappa shape index (κ3) is 3.55. The molecule has 0 atom stereocenters. The van der Waals surface area contributed by atoms with Crippen molar-refractivity contribution in [3.8, 4) is 0 Å². The Morgan fingerprint density at radius 2 is 2.12 bits per heavy atom. The molecular formula is C14H19FN2. The molecule has 1 aromatic carbocycles. The Hall–Kier alpha value is -1.38. The summed E-state index contributed by atoms with van der Waals surface area (Å²) in [4.78, 5) is 4.40. The molecule has 1 aromatic rings. The molecule has 1 saturated carbocycles. The number of nitrogens with two attached hydrogens (primary N) is 1. The van der Waals surface area contributed by atoms with E-state index < -0.39 is 0 Å². The number of hydrogen-bond donors (Lipinski definition) is 1. The number of aliphatic imine (C=N–C) groups is 1. The van der Waals surface area contributed by atoms with Crippen LogP contribution in [0.1, 0.15) is 31.2 Å². The van der Waals surface area contributed by atoms with E-state index in [0.717, 1.165) is 17.8 Å². The minimum atomic E-state index is -0.185. The van der Waals surface area contributed by atoms with Gasteiger partial charge in [0.1, 0.15) is 5.82 Å². The lowest BCUT2D eigenvalue weighted by molar-refractivity contribution is 0.625. The Morgan fingerprint density at radius 3 is 2.82 bits per heavy atom. The number of hydrogen-bond acceptors (Lipinski definition) is 1. The van der Waals surface area contributed by atoms with E-state index in [0.29, 0.717) is 12.5 Å². The second-order valence-corrected chi connectivity index (χ2v) is 4.67. The Labute approximate surface area is 102 Å². The van der Waals surface area contributed by atoms with Crippen LogP contribution in [-0.4, -0.2) is 12.4 Å². The van der Waals surface area contributed by atoms with Crippen molar-refractivity contribution in [3.05, 3.63) is 35.6 Å². The summed E-state index contributed by atoms with van der Waals surface area (Å²) in [6.07, 6.45) is 5.64. The van der Waals surface area contributed by atoms with Crippen LogP contribution < -0.4 is 5.73 Å². The molecule has 1 fully saturated rings. The molecule has 0 spiro atoms. The van der Waals surface area contributed by atoms with Crippen LogP contribution in [0, 0.1) is 11.7 Å². The Kier molecular flexibility index (Phi) is 4.13. The summed E-state index contributed by atoms with van der Waals surface area (Å²) in [5, 5.41) is 0. The van der Waals surface area contributed by atoms with Crippen LogP contribution in [0.3, 0.4) is 0 Å². The number of amidine groups is 1. The molecule has 17 heavy (non-hydrogen) atoms. The standard InChI is InChI=1S/C14H19FN2/c15-13-7-3-4-11(10-13)8-9-17-14(16)12-5-1-2-6-12/h3-4,7,10,12H,1-2,5-6,8-9H2,(H2,16,17). The molecule has 0 heterocycles. The van der Waals surface area contributed by atoms with Crippen molar-refractivity contribution in [2.45, 2.75) is 32.1 Å². The van der Waals surface area contributed by atoms with Crippen LogP contribution in [0.2, 0.25) is 0 Å². The van der Waals surface area contributed by atoms with Crippen LogP contribution in [0.25, 0.3) is 0 Å². The zero-order valence-corrected chi connectivity index (χ0v) is 10.0. The lowest BCUT2D eigenvalue weighted by Gasteiger charge is -2.08. The molecule has 0 aliphatic heterocycles. The van der Waals surface area contributed by atoms with Crippen molar-refractivity contribution in [2.24, 2.45) is 16.6 Å². The van der Waals surface area contributed by atoms with E-state index in [-0.39, 0.29) is 5.82 Å². The minimum absolute atomic E-state index is 0.185. The molecule has 0 saturated heterocycles. The maximum absolute atomic E-state index is 12.9. The third-order valence-electron chi connectivity index (χ3n) is 3.36. The third-order valence-corrected chi connectivity index (χ3v) is 3.36. The van der Waals surface area contributed by atoms with Crippen molar-refractivity contribution >= 4 is 5.84 Å². The van der Waals surface area contributed by atoms with Crippen LogP contribution in [0.5, 0.6) is 0 Å². The molecule has 0 unspecified atom stereocenters. The van der Waals surface area contributed by atoms with Crippen LogP contribution in [0.15, 0.2) is 29.3 Å². The van der Waals surface area contributed by atoms with Gasteiger partial charge in [0, 0.05) is 12.5 Å². The number of halogens is 1. The molecule has 1 aliphatic rings. The average Bonchev–Trinajstić information content (AvgIpc) is 2.82. The monoisotopic (exact) mass is 234 g/mol. The van der Waals surface area contributed by atoms with Gasteiger partial charge in [0.25, 0.3) is 0 Å². The van der Waals surface area contributed by atoms with E-state index in [1.165, 1.54) is 31.7 Å². The van der Waals surface area contributed by atoms with E-state index in [9.17, 15) is 4.39 Å². The molecule has 2 rings (SSSR count). The van der Waals surface area contributed by atoms with Gasteiger partial charge in [-0.3, -0.25) is 4.99 Å². The topological polar surface area (TPSA) is 38.4 Å². The number of benzene rings is 1. The van der Waals surface area contributed by atoms with Crippen LogP contribution in [0.4, 0.5) is 4.39 Å². The molecule has 0 amide bonds. The molecule has 2 nitrogen and oxygen atoms in total. The van der Waals surface area contributed by atoms with Crippen molar-refractivity contribution in [3.63, 3.8) is 0 Å². The summed E-state index contributed by atoms with van der Waals surface area (Å²) in [7, 11) is 0. The average molecular weight is 234 g/mol. The first kappa shape index (κ1) is 12.1. The van der Waals surface area contributed by atoms with Crippen molar-refractivity contribution in [1.29, 1.82) is 0 Å². The van der Waals surface area contributed by atoms with Crippen LogP contribution >= 0.6 is 0 Å². The normalized spacial score (nSPS) is 17.6. The smallest absolute Gasteiger partial charge is 0.123 e. The highest BCUT2D eigenvalue weighted by Gasteiger charge is 2.17. The van der Waals surface area contributed by atoms with Crippen molar-refractivity contribution in [2.75, 3.05) is 6.54 Å². The quantitative estimate of drug-likeness (QED) is 0.631. The summed E-state index contributed by atoms with van der Waals surface area (Å²) >= 11 is 0. The lowest BCUT2D eigenvalue weighted by Crippen LogP contribution is -2.21. The summed E-state index contributed by atoms with van der Waals surface area (Å²) in [5.41, 5.74) is 6.93. The highest BCUT2D eigenvalue weighted by atomic mass is 19.1. The van der Waals surface area contributed by atoms with Gasteiger partial charge in [0.15, 0.2) is 0 Å². The molecular weight excluding hydrogens is 215 g/mol. The molecule has 92 valence electrons. The first-order valence-electron chi connectivity index (χ1n) is 6.30. The SMILES string of the molecule is NC(=NCCc1cccc(F)c1)C1CCCC1. The predicted octanol–water partition coefficient (Wildman–Crippen LogP) is 2.92. The first-order valence-corrected chi connectivity index (χ1v) is 6.30. The first-order chi connectivity index (χ1) is 8.25. The highest BCUT2D eigenvalue weighted by molar-refractivity contribution is 5.83. The maximum Gasteiger partial charge on any atom is 0.123 e. The molecule has 1 aliphatic carbocycles. The van der Waals surface area contributed by atoms with Gasteiger partial charge in [-0.05, 0) is 37.0 Å². The van der Waals surface area contributed by atoms with Gasteiger partial charge in [-0.2, -0.15) is 0 Å². The van der Waals surface area contributed by atoms with E-state index in [1.54, 1.807) is 12.1 Å². The van der Waals surface area contributed by atoms with Crippen molar-refractivity contribution < 1.29 is 4.39 Å². The van der Waals surface area contributed by atoms with E-state index >= 15 is 0 Å². The van der Waals surface area contributed by atoms with Gasteiger partial charge in [-0.25, -0.2) is 4.39 Å². The van der Waals surface area contributed by atoms with Crippen LogP contribution in [-0.2, 0) is 6.42 Å². The largest absolute Gasteiger partial charge is 0.387 e. The van der Waals surface area contributed by atoms with Gasteiger partial charge in [0.2, 0.25) is 0 Å². The Bertz CT molecular complexity index is 395. The van der Waals surface area contributed by atoms with Gasteiger partial charge < -0.3 is 5.73 Å². The van der Waals surface area contributed by atoms with Gasteiger partial charge in [-0.1, -0.05) is 25.0 Å². The lowest BCUT2D eigenvalue weighted by atomic mass is 10.1. The summed E-state index contributed by atoms with van der Waals surface area (Å²) in [6.45, 7) is 0.659. The fourth-order valence-corrected chi connectivity index (χ4v) is 2.36. The molecule has 2 N–H and O–H groups in total. The van der Waals surface area contributed by atoms with Gasteiger partial charge in [0.05, 0.1) is 5.84 Å². The van der Waals surface area contributed by atoms with Gasteiger partial charge >= 0.3 is 0 Å². The zero-order valence-electron chi connectivity index (χ0n) is 10.0. The summed E-state index contributed by atoms with van der Waals surface area (Å²) in [5.74, 6) is 1.09. The molecule has 0 radical (unpaired) electrons. The molecule has 3 heteroatoms. The maximum atomic E-state index is 12.9.